The van der Waals surface area contributed by atoms with Crippen LogP contribution in [0.5, 0.6) is 0 Å². The molecule has 100 valence electrons. The maximum Gasteiger partial charge on any atom is 0.0590 e. The fourth-order valence-corrected chi connectivity index (χ4v) is 2.63. The third kappa shape index (κ3) is 4.34. The molecule has 0 radical (unpaired) electrons. The molecule has 1 saturated heterocycles. The SMILES string of the molecule is CNC(Cc1ccc(Br)cn1)CC1CCCCO1. The molecule has 2 rings (SSSR count). The second-order valence-electron chi connectivity index (χ2n) is 4.88. The molecular weight excluding hydrogens is 292 g/mol. The second-order valence-corrected chi connectivity index (χ2v) is 5.80. The number of hydrogen-bond acceptors (Lipinski definition) is 3. The van der Waals surface area contributed by atoms with Crippen LogP contribution in [-0.4, -0.2) is 30.8 Å². The van der Waals surface area contributed by atoms with E-state index < -0.39 is 0 Å². The largest absolute Gasteiger partial charge is 0.378 e. The molecule has 1 aromatic rings. The van der Waals surface area contributed by atoms with E-state index in [9.17, 15) is 0 Å². The molecular formula is C14H21BrN2O. The quantitative estimate of drug-likeness (QED) is 0.907. The highest BCUT2D eigenvalue weighted by Gasteiger charge is 2.19. The van der Waals surface area contributed by atoms with Crippen molar-refractivity contribution in [3.05, 3.63) is 28.5 Å². The summed E-state index contributed by atoms with van der Waals surface area (Å²) in [5.74, 6) is 0. The topological polar surface area (TPSA) is 34.2 Å². The molecule has 4 heteroatoms. The van der Waals surface area contributed by atoms with Crippen molar-refractivity contribution in [2.24, 2.45) is 0 Å². The van der Waals surface area contributed by atoms with E-state index in [0.717, 1.165) is 29.6 Å². The van der Waals surface area contributed by atoms with Crippen LogP contribution in [0.3, 0.4) is 0 Å². The van der Waals surface area contributed by atoms with E-state index in [1.807, 2.05) is 19.3 Å². The molecule has 0 spiro atoms. The number of likely N-dealkylation sites (N-methyl/N-ethyl adjacent to an activating group) is 1. The standard InChI is InChI=1S/C14H21BrN2O/c1-16-13(9-14-4-2-3-7-18-14)8-12-6-5-11(15)10-17-12/h5-6,10,13-14,16H,2-4,7-9H2,1H3. The van der Waals surface area contributed by atoms with Crippen LogP contribution >= 0.6 is 15.9 Å². The minimum atomic E-state index is 0.423. The first kappa shape index (κ1) is 14.0. The Morgan fingerprint density at radius 2 is 2.39 bits per heavy atom. The molecule has 1 aromatic heterocycles. The van der Waals surface area contributed by atoms with E-state index in [2.05, 4.69) is 32.3 Å². The smallest absolute Gasteiger partial charge is 0.0590 e. The number of ether oxygens (including phenoxy) is 1. The highest BCUT2D eigenvalue weighted by Crippen LogP contribution is 2.18. The predicted molar refractivity (Wildman–Crippen MR) is 76.7 cm³/mol. The van der Waals surface area contributed by atoms with E-state index in [0.29, 0.717) is 12.1 Å². The van der Waals surface area contributed by atoms with Crippen LogP contribution in [0.15, 0.2) is 22.8 Å². The molecule has 0 amide bonds. The molecule has 2 heterocycles. The Morgan fingerprint density at radius 3 is 3.00 bits per heavy atom. The lowest BCUT2D eigenvalue weighted by atomic mass is 9.99. The molecule has 2 unspecified atom stereocenters. The summed E-state index contributed by atoms with van der Waals surface area (Å²) in [6.45, 7) is 0.928. The van der Waals surface area contributed by atoms with Crippen molar-refractivity contribution in [3.8, 4) is 0 Å². The van der Waals surface area contributed by atoms with Gasteiger partial charge in [0.2, 0.25) is 0 Å². The van der Waals surface area contributed by atoms with Gasteiger partial charge in [-0.3, -0.25) is 4.98 Å². The molecule has 1 aliphatic rings. The van der Waals surface area contributed by atoms with Gasteiger partial charge in [-0.2, -0.15) is 0 Å². The van der Waals surface area contributed by atoms with Gasteiger partial charge in [-0.15, -0.1) is 0 Å². The van der Waals surface area contributed by atoms with Crippen LogP contribution in [0.2, 0.25) is 0 Å². The van der Waals surface area contributed by atoms with E-state index in [4.69, 9.17) is 4.74 Å². The summed E-state index contributed by atoms with van der Waals surface area (Å²) in [6, 6.07) is 4.57. The molecule has 0 bridgehead atoms. The average molecular weight is 313 g/mol. The first-order chi connectivity index (χ1) is 8.78. The lowest BCUT2D eigenvalue weighted by molar-refractivity contribution is 0.00564. The third-order valence-electron chi connectivity index (χ3n) is 3.47. The lowest BCUT2D eigenvalue weighted by Gasteiger charge is -2.26. The third-order valence-corrected chi connectivity index (χ3v) is 3.94. The zero-order valence-electron chi connectivity index (χ0n) is 10.9. The zero-order chi connectivity index (χ0) is 12.8. The molecule has 1 fully saturated rings. The molecule has 1 aliphatic heterocycles. The fraction of sp³-hybridized carbons (Fsp3) is 0.643. The van der Waals surface area contributed by atoms with Crippen molar-refractivity contribution < 1.29 is 4.74 Å². The monoisotopic (exact) mass is 312 g/mol. The zero-order valence-corrected chi connectivity index (χ0v) is 12.4. The molecule has 0 aliphatic carbocycles. The Bertz CT molecular complexity index is 349. The predicted octanol–water partition coefficient (Wildman–Crippen LogP) is 2.93. The Balaban J connectivity index is 1.86. The first-order valence-corrected chi connectivity index (χ1v) is 7.46. The van der Waals surface area contributed by atoms with Crippen LogP contribution in [0.25, 0.3) is 0 Å². The summed E-state index contributed by atoms with van der Waals surface area (Å²) in [7, 11) is 2.02. The van der Waals surface area contributed by atoms with Gasteiger partial charge in [-0.25, -0.2) is 0 Å². The highest BCUT2D eigenvalue weighted by molar-refractivity contribution is 9.10. The molecule has 0 aromatic carbocycles. The number of aromatic nitrogens is 1. The fourth-order valence-electron chi connectivity index (χ4n) is 2.39. The van der Waals surface area contributed by atoms with Crippen LogP contribution in [0.4, 0.5) is 0 Å². The highest BCUT2D eigenvalue weighted by atomic mass is 79.9. The Kier molecular flexibility index (Phi) is 5.60. The lowest BCUT2D eigenvalue weighted by Crippen LogP contribution is -2.34. The van der Waals surface area contributed by atoms with E-state index in [-0.39, 0.29) is 0 Å². The van der Waals surface area contributed by atoms with Crippen molar-refractivity contribution in [3.63, 3.8) is 0 Å². The minimum absolute atomic E-state index is 0.423. The average Bonchev–Trinajstić information content (AvgIpc) is 2.41. The summed E-state index contributed by atoms with van der Waals surface area (Å²) >= 11 is 3.41. The summed E-state index contributed by atoms with van der Waals surface area (Å²) in [4.78, 5) is 4.43. The Labute approximate surface area is 117 Å². The molecule has 3 nitrogen and oxygen atoms in total. The van der Waals surface area contributed by atoms with Gasteiger partial charge in [0.05, 0.1) is 6.10 Å². The van der Waals surface area contributed by atoms with Crippen LogP contribution < -0.4 is 5.32 Å². The van der Waals surface area contributed by atoms with Gasteiger partial charge in [0.15, 0.2) is 0 Å². The van der Waals surface area contributed by atoms with Gasteiger partial charge in [0.1, 0.15) is 0 Å². The van der Waals surface area contributed by atoms with Crippen molar-refractivity contribution in [2.45, 2.75) is 44.2 Å². The molecule has 0 saturated carbocycles. The van der Waals surface area contributed by atoms with E-state index >= 15 is 0 Å². The van der Waals surface area contributed by atoms with Gasteiger partial charge in [-0.1, -0.05) is 0 Å². The van der Waals surface area contributed by atoms with Gasteiger partial charge in [0, 0.05) is 35.4 Å². The Morgan fingerprint density at radius 1 is 1.50 bits per heavy atom. The Hall–Kier alpha value is -0.450. The molecule has 1 N–H and O–H groups in total. The van der Waals surface area contributed by atoms with Crippen molar-refractivity contribution in [1.82, 2.24) is 10.3 Å². The van der Waals surface area contributed by atoms with Gasteiger partial charge < -0.3 is 10.1 Å². The van der Waals surface area contributed by atoms with Crippen LogP contribution in [-0.2, 0) is 11.2 Å². The molecule has 2 atom stereocenters. The summed E-state index contributed by atoms with van der Waals surface area (Å²) in [5.41, 5.74) is 1.13. The maximum atomic E-state index is 5.80. The number of rotatable bonds is 5. The second kappa shape index (κ2) is 7.22. The van der Waals surface area contributed by atoms with Gasteiger partial charge in [0.25, 0.3) is 0 Å². The maximum absolute atomic E-state index is 5.80. The number of nitrogens with one attached hydrogen (secondary N) is 1. The number of halogens is 1. The van der Waals surface area contributed by atoms with Crippen molar-refractivity contribution >= 4 is 15.9 Å². The van der Waals surface area contributed by atoms with Gasteiger partial charge in [-0.05, 0) is 60.8 Å². The molecule has 18 heavy (non-hydrogen) atoms. The summed E-state index contributed by atoms with van der Waals surface area (Å²) in [5, 5.41) is 3.38. The summed E-state index contributed by atoms with van der Waals surface area (Å²) < 4.78 is 6.83. The normalized spacial score (nSPS) is 21.8. The van der Waals surface area contributed by atoms with E-state index in [1.165, 1.54) is 19.3 Å². The minimum Gasteiger partial charge on any atom is -0.378 e. The van der Waals surface area contributed by atoms with Crippen molar-refractivity contribution in [2.75, 3.05) is 13.7 Å². The van der Waals surface area contributed by atoms with Crippen LogP contribution in [0.1, 0.15) is 31.4 Å². The summed E-state index contributed by atoms with van der Waals surface area (Å²) in [6.07, 6.45) is 8.04. The first-order valence-electron chi connectivity index (χ1n) is 6.67. The van der Waals surface area contributed by atoms with Gasteiger partial charge >= 0.3 is 0 Å². The van der Waals surface area contributed by atoms with E-state index in [1.54, 1.807) is 0 Å². The number of nitrogens with zero attached hydrogens (tertiary/aromatic N) is 1. The number of hydrogen-bond donors (Lipinski definition) is 1. The van der Waals surface area contributed by atoms with Crippen LogP contribution in [0, 0.1) is 0 Å². The number of pyridine rings is 1. The van der Waals surface area contributed by atoms with Crippen molar-refractivity contribution in [1.29, 1.82) is 0 Å².